The molecule has 0 radical (unpaired) electrons. The second-order valence-electron chi connectivity index (χ2n) is 7.31. The van der Waals surface area contributed by atoms with Gasteiger partial charge >= 0.3 is 6.03 Å². The van der Waals surface area contributed by atoms with E-state index in [-0.39, 0.29) is 12.1 Å². The van der Waals surface area contributed by atoms with Crippen LogP contribution in [0.5, 0.6) is 0 Å². The molecule has 6 heteroatoms. The summed E-state index contributed by atoms with van der Waals surface area (Å²) in [4.78, 5) is 14.4. The number of piperidine rings is 1. The van der Waals surface area contributed by atoms with E-state index in [4.69, 9.17) is 4.74 Å². The molecule has 2 amide bonds. The number of nitrogens with zero attached hydrogens (tertiary/aromatic N) is 3. The number of aromatic nitrogens is 2. The Hall–Kier alpha value is -1.56. The van der Waals surface area contributed by atoms with Gasteiger partial charge in [0, 0.05) is 31.5 Å². The number of rotatable bonds is 4. The first-order valence-electron chi connectivity index (χ1n) is 9.32. The number of carbonyl (C=O) groups is 1. The second-order valence-corrected chi connectivity index (χ2v) is 7.31. The molecule has 0 aromatic carbocycles. The molecule has 1 aliphatic carbocycles. The van der Waals surface area contributed by atoms with Gasteiger partial charge < -0.3 is 15.0 Å². The number of carbonyl (C=O) groups excluding carboxylic acids is 1. The first-order valence-corrected chi connectivity index (χ1v) is 9.32. The number of likely N-dealkylation sites (tertiary alicyclic amines) is 1. The lowest BCUT2D eigenvalue weighted by molar-refractivity contribution is -0.0158. The highest BCUT2D eigenvalue weighted by Gasteiger charge is 2.27. The normalized spacial score (nSPS) is 25.9. The van der Waals surface area contributed by atoms with Gasteiger partial charge in [0.1, 0.15) is 0 Å². The first-order chi connectivity index (χ1) is 11.6. The monoisotopic (exact) mass is 334 g/mol. The van der Waals surface area contributed by atoms with Crippen LogP contribution in [-0.4, -0.2) is 52.1 Å². The minimum Gasteiger partial charge on any atom is -0.376 e. The topological polar surface area (TPSA) is 59.4 Å². The third-order valence-corrected chi connectivity index (χ3v) is 5.12. The molecule has 2 aliphatic rings. The van der Waals surface area contributed by atoms with Gasteiger partial charge in [-0.05, 0) is 58.4 Å². The number of urea groups is 1. The molecular weight excluding hydrogens is 304 g/mol. The number of ether oxygens (including phenoxy) is 1. The van der Waals surface area contributed by atoms with E-state index in [1.165, 1.54) is 0 Å². The molecule has 1 N–H and O–H groups in total. The molecular formula is C18H30N4O2. The summed E-state index contributed by atoms with van der Waals surface area (Å²) in [6.45, 7) is 5.78. The maximum atomic E-state index is 12.5. The molecule has 1 aromatic heterocycles. The molecule has 0 unspecified atom stereocenters. The van der Waals surface area contributed by atoms with Gasteiger partial charge in [-0.3, -0.25) is 4.68 Å². The predicted octanol–water partition coefficient (Wildman–Crippen LogP) is 2.97. The summed E-state index contributed by atoms with van der Waals surface area (Å²) in [5.74, 6) is 0. The highest BCUT2D eigenvalue weighted by Crippen LogP contribution is 2.24. The number of hydrogen-bond donors (Lipinski definition) is 1. The van der Waals surface area contributed by atoms with E-state index in [1.54, 1.807) is 0 Å². The van der Waals surface area contributed by atoms with E-state index in [0.29, 0.717) is 18.2 Å². The Morgan fingerprint density at radius 1 is 1.17 bits per heavy atom. The number of nitrogens with one attached hydrogen (secondary N) is 1. The van der Waals surface area contributed by atoms with Crippen LogP contribution in [0.3, 0.4) is 0 Å². The summed E-state index contributed by atoms with van der Waals surface area (Å²) >= 11 is 0. The van der Waals surface area contributed by atoms with Crippen molar-refractivity contribution < 1.29 is 9.53 Å². The second kappa shape index (κ2) is 8.01. The molecule has 2 fully saturated rings. The molecule has 1 saturated carbocycles. The first kappa shape index (κ1) is 17.3. The van der Waals surface area contributed by atoms with Crippen LogP contribution in [0.2, 0.25) is 0 Å². The quantitative estimate of drug-likeness (QED) is 0.921. The molecule has 1 aromatic rings. The highest BCUT2D eigenvalue weighted by molar-refractivity contribution is 5.74. The van der Waals surface area contributed by atoms with Gasteiger partial charge in [-0.2, -0.15) is 5.10 Å². The van der Waals surface area contributed by atoms with Crippen molar-refractivity contribution in [3.05, 3.63) is 18.5 Å². The Bertz CT molecular complexity index is 501. The largest absolute Gasteiger partial charge is 0.376 e. The van der Waals surface area contributed by atoms with E-state index < -0.39 is 0 Å². The minimum absolute atomic E-state index is 0.0992. The molecule has 3 rings (SSSR count). The van der Waals surface area contributed by atoms with Gasteiger partial charge in [0.25, 0.3) is 0 Å². The summed E-state index contributed by atoms with van der Waals surface area (Å²) in [6.07, 6.45) is 10.6. The molecule has 6 nitrogen and oxygen atoms in total. The maximum Gasteiger partial charge on any atom is 0.317 e. The molecule has 1 saturated heterocycles. The smallest absolute Gasteiger partial charge is 0.317 e. The summed E-state index contributed by atoms with van der Waals surface area (Å²) < 4.78 is 7.90. The third kappa shape index (κ3) is 4.50. The fraction of sp³-hybridized carbons (Fsp3) is 0.778. The van der Waals surface area contributed by atoms with E-state index >= 15 is 0 Å². The zero-order chi connectivity index (χ0) is 16.9. The number of hydrogen-bond acceptors (Lipinski definition) is 3. The minimum atomic E-state index is 0.0992. The molecule has 0 bridgehead atoms. The average Bonchev–Trinajstić information content (AvgIpc) is 3.11. The van der Waals surface area contributed by atoms with Crippen LogP contribution in [0.4, 0.5) is 4.79 Å². The van der Waals surface area contributed by atoms with Crippen LogP contribution in [0.25, 0.3) is 0 Å². The van der Waals surface area contributed by atoms with Gasteiger partial charge in [-0.25, -0.2) is 4.79 Å². The Morgan fingerprint density at radius 3 is 2.46 bits per heavy atom. The van der Waals surface area contributed by atoms with Crippen LogP contribution < -0.4 is 5.32 Å². The molecule has 2 heterocycles. The third-order valence-electron chi connectivity index (χ3n) is 5.12. The molecule has 0 spiro atoms. The number of amides is 2. The average molecular weight is 334 g/mol. The van der Waals surface area contributed by atoms with Gasteiger partial charge in [-0.1, -0.05) is 0 Å². The Kier molecular flexibility index (Phi) is 5.76. The highest BCUT2D eigenvalue weighted by atomic mass is 16.5. The van der Waals surface area contributed by atoms with E-state index in [9.17, 15) is 4.79 Å². The van der Waals surface area contributed by atoms with Crippen LogP contribution in [0.1, 0.15) is 58.4 Å². The van der Waals surface area contributed by atoms with Gasteiger partial charge in [0.2, 0.25) is 0 Å². The van der Waals surface area contributed by atoms with Crippen molar-refractivity contribution in [2.24, 2.45) is 0 Å². The van der Waals surface area contributed by atoms with Crippen LogP contribution in [0, 0.1) is 0 Å². The van der Waals surface area contributed by atoms with Crippen molar-refractivity contribution in [1.29, 1.82) is 0 Å². The Balaban J connectivity index is 1.39. The summed E-state index contributed by atoms with van der Waals surface area (Å²) in [6, 6.07) is 2.78. The van der Waals surface area contributed by atoms with E-state index in [0.717, 1.165) is 51.6 Å². The lowest BCUT2D eigenvalue weighted by atomic mass is 9.93. The molecule has 1 aliphatic heterocycles. The molecule has 134 valence electrons. The van der Waals surface area contributed by atoms with E-state index in [1.807, 2.05) is 28.0 Å². The SMILES string of the molecule is CC(C)OC1CCC(NC(=O)N2CCC(n3cccn3)CC2)CC1. The predicted molar refractivity (Wildman–Crippen MR) is 92.9 cm³/mol. The van der Waals surface area contributed by atoms with Gasteiger partial charge in [0.05, 0.1) is 18.2 Å². The van der Waals surface area contributed by atoms with Crippen molar-refractivity contribution in [1.82, 2.24) is 20.0 Å². The van der Waals surface area contributed by atoms with Gasteiger partial charge in [-0.15, -0.1) is 0 Å². The fourth-order valence-corrected chi connectivity index (χ4v) is 3.82. The van der Waals surface area contributed by atoms with Crippen LogP contribution >= 0.6 is 0 Å². The standard InChI is InChI=1S/C18H30N4O2/c1-14(2)24-17-6-4-15(5-7-17)20-18(23)21-12-8-16(9-13-21)22-11-3-10-19-22/h3,10-11,14-17H,4-9,12-13H2,1-2H3,(H,20,23). The lowest BCUT2D eigenvalue weighted by Gasteiger charge is -2.35. The van der Waals surface area contributed by atoms with Crippen molar-refractivity contribution >= 4 is 6.03 Å². The Morgan fingerprint density at radius 2 is 1.88 bits per heavy atom. The zero-order valence-electron chi connectivity index (χ0n) is 14.9. The van der Waals surface area contributed by atoms with Crippen molar-refractivity contribution in [2.45, 2.75) is 76.7 Å². The summed E-state index contributed by atoms with van der Waals surface area (Å²) in [5.41, 5.74) is 0. The van der Waals surface area contributed by atoms with Crippen molar-refractivity contribution in [3.8, 4) is 0 Å². The van der Waals surface area contributed by atoms with Crippen LogP contribution in [-0.2, 0) is 4.74 Å². The van der Waals surface area contributed by atoms with Crippen LogP contribution in [0.15, 0.2) is 18.5 Å². The van der Waals surface area contributed by atoms with Crippen molar-refractivity contribution in [2.75, 3.05) is 13.1 Å². The fourth-order valence-electron chi connectivity index (χ4n) is 3.82. The lowest BCUT2D eigenvalue weighted by Crippen LogP contribution is -2.49. The zero-order valence-corrected chi connectivity index (χ0v) is 14.9. The summed E-state index contributed by atoms with van der Waals surface area (Å²) in [7, 11) is 0. The Labute approximate surface area is 144 Å². The molecule has 24 heavy (non-hydrogen) atoms. The van der Waals surface area contributed by atoms with Gasteiger partial charge in [0.15, 0.2) is 0 Å². The summed E-state index contributed by atoms with van der Waals surface area (Å²) in [5, 5.41) is 7.54. The maximum absolute atomic E-state index is 12.5. The van der Waals surface area contributed by atoms with Crippen molar-refractivity contribution in [3.63, 3.8) is 0 Å². The molecule has 0 atom stereocenters. The van der Waals surface area contributed by atoms with E-state index in [2.05, 4.69) is 24.3 Å².